The van der Waals surface area contributed by atoms with Gasteiger partial charge in [-0.15, -0.1) is 0 Å². The highest BCUT2D eigenvalue weighted by Crippen LogP contribution is 2.26. The molecule has 0 aliphatic carbocycles. The van der Waals surface area contributed by atoms with Gasteiger partial charge in [0.15, 0.2) is 0 Å². The summed E-state index contributed by atoms with van der Waals surface area (Å²) in [5, 5.41) is 15.6. The Balaban J connectivity index is 2.72. The third kappa shape index (κ3) is 2.33. The van der Waals surface area contributed by atoms with Crippen molar-refractivity contribution in [3.8, 4) is 5.82 Å². The van der Waals surface area contributed by atoms with Gasteiger partial charge < -0.3 is 0 Å². The predicted octanol–water partition coefficient (Wildman–Crippen LogP) is 1.13. The van der Waals surface area contributed by atoms with Gasteiger partial charge in [-0.25, -0.2) is 15.5 Å². The SMILES string of the molecule is Cc1nn(-c2nc(NN)nc(C)c2[N+](=O)[O-])cc1Cl. The molecular formula is C9H10ClN7O2. The van der Waals surface area contributed by atoms with Crippen molar-refractivity contribution in [3.05, 3.63) is 32.7 Å². The minimum atomic E-state index is -0.574. The number of rotatable bonds is 3. The molecule has 0 unspecified atom stereocenters. The Labute approximate surface area is 112 Å². The summed E-state index contributed by atoms with van der Waals surface area (Å²) in [6.07, 6.45) is 1.44. The van der Waals surface area contributed by atoms with Gasteiger partial charge >= 0.3 is 5.69 Å². The van der Waals surface area contributed by atoms with Crippen LogP contribution < -0.4 is 11.3 Å². The van der Waals surface area contributed by atoms with Crippen LogP contribution in [0, 0.1) is 24.0 Å². The second-order valence-electron chi connectivity index (χ2n) is 3.71. The lowest BCUT2D eigenvalue weighted by molar-refractivity contribution is -0.385. The van der Waals surface area contributed by atoms with Crippen LogP contribution in [-0.2, 0) is 0 Å². The van der Waals surface area contributed by atoms with Crippen molar-refractivity contribution in [1.82, 2.24) is 19.7 Å². The molecule has 0 fully saturated rings. The average molecular weight is 284 g/mol. The van der Waals surface area contributed by atoms with Crippen LogP contribution in [0.2, 0.25) is 5.02 Å². The molecule has 0 bridgehead atoms. The van der Waals surface area contributed by atoms with E-state index in [-0.39, 0.29) is 23.1 Å². The summed E-state index contributed by atoms with van der Waals surface area (Å²) in [7, 11) is 0. The minimum absolute atomic E-state index is 0.000417. The zero-order valence-corrected chi connectivity index (χ0v) is 10.8. The van der Waals surface area contributed by atoms with E-state index in [1.165, 1.54) is 17.8 Å². The van der Waals surface area contributed by atoms with Gasteiger partial charge in [-0.2, -0.15) is 10.1 Å². The lowest BCUT2D eigenvalue weighted by Gasteiger charge is -2.06. The monoisotopic (exact) mass is 283 g/mol. The highest BCUT2D eigenvalue weighted by atomic mass is 35.5. The summed E-state index contributed by atoms with van der Waals surface area (Å²) in [5.41, 5.74) is 2.70. The fraction of sp³-hybridized carbons (Fsp3) is 0.222. The van der Waals surface area contributed by atoms with E-state index in [0.717, 1.165) is 0 Å². The van der Waals surface area contributed by atoms with E-state index in [0.29, 0.717) is 10.7 Å². The van der Waals surface area contributed by atoms with Gasteiger partial charge in [-0.1, -0.05) is 11.6 Å². The number of nitrogens with two attached hydrogens (primary N) is 1. The molecule has 2 aromatic heterocycles. The van der Waals surface area contributed by atoms with Crippen molar-refractivity contribution in [2.45, 2.75) is 13.8 Å². The maximum Gasteiger partial charge on any atom is 0.334 e. The fourth-order valence-corrected chi connectivity index (χ4v) is 1.67. The van der Waals surface area contributed by atoms with Gasteiger partial charge in [0, 0.05) is 0 Å². The molecule has 2 rings (SSSR count). The number of anilines is 1. The summed E-state index contributed by atoms with van der Waals surface area (Å²) in [4.78, 5) is 18.3. The summed E-state index contributed by atoms with van der Waals surface area (Å²) in [6.45, 7) is 3.17. The lowest BCUT2D eigenvalue weighted by atomic mass is 10.3. The first kappa shape index (κ1) is 13.2. The number of hydrazine groups is 1. The van der Waals surface area contributed by atoms with Crippen molar-refractivity contribution >= 4 is 23.2 Å². The van der Waals surface area contributed by atoms with E-state index in [4.69, 9.17) is 17.4 Å². The average Bonchev–Trinajstić information content (AvgIpc) is 2.68. The molecule has 0 saturated heterocycles. The molecule has 0 radical (unpaired) electrons. The summed E-state index contributed by atoms with van der Waals surface area (Å²) in [5.74, 6) is 5.28. The maximum atomic E-state index is 11.1. The molecule has 0 aliphatic rings. The van der Waals surface area contributed by atoms with Gasteiger partial charge in [0.2, 0.25) is 11.8 Å². The molecule has 3 N–H and O–H groups in total. The molecule has 0 spiro atoms. The molecule has 2 aromatic rings. The van der Waals surface area contributed by atoms with Crippen LogP contribution in [0.3, 0.4) is 0 Å². The van der Waals surface area contributed by atoms with Gasteiger partial charge in [0.1, 0.15) is 5.69 Å². The van der Waals surface area contributed by atoms with Gasteiger partial charge in [0.05, 0.1) is 21.8 Å². The standard InChI is InChI=1S/C9H10ClN7O2/c1-4-6(10)3-16(15-4)8-7(17(18)19)5(2)12-9(13-8)14-11/h3H,11H2,1-2H3,(H,12,13,14). The predicted molar refractivity (Wildman–Crippen MR) is 68.1 cm³/mol. The summed E-state index contributed by atoms with van der Waals surface area (Å²) < 4.78 is 1.23. The Hall–Kier alpha value is -2.26. The Morgan fingerprint density at radius 2 is 2.11 bits per heavy atom. The van der Waals surface area contributed by atoms with E-state index < -0.39 is 4.92 Å². The van der Waals surface area contributed by atoms with Crippen LogP contribution in [0.25, 0.3) is 5.82 Å². The largest absolute Gasteiger partial charge is 0.334 e. The first-order valence-corrected chi connectivity index (χ1v) is 5.53. The normalized spacial score (nSPS) is 10.5. The first-order chi connectivity index (χ1) is 8.93. The third-order valence-corrected chi connectivity index (χ3v) is 2.78. The van der Waals surface area contributed by atoms with Gasteiger partial charge in [-0.3, -0.25) is 15.5 Å². The number of nitrogens with one attached hydrogen (secondary N) is 1. The zero-order valence-electron chi connectivity index (χ0n) is 10.1. The Morgan fingerprint density at radius 1 is 1.42 bits per heavy atom. The number of halogens is 1. The molecule has 19 heavy (non-hydrogen) atoms. The highest BCUT2D eigenvalue weighted by Gasteiger charge is 2.24. The van der Waals surface area contributed by atoms with E-state index in [1.807, 2.05) is 0 Å². The second kappa shape index (κ2) is 4.78. The van der Waals surface area contributed by atoms with Crippen LogP contribution in [-0.4, -0.2) is 24.7 Å². The first-order valence-electron chi connectivity index (χ1n) is 5.15. The Kier molecular flexibility index (Phi) is 3.32. The Morgan fingerprint density at radius 3 is 2.58 bits per heavy atom. The maximum absolute atomic E-state index is 11.1. The lowest BCUT2D eigenvalue weighted by Crippen LogP contribution is -2.15. The van der Waals surface area contributed by atoms with Crippen molar-refractivity contribution in [2.75, 3.05) is 5.43 Å². The van der Waals surface area contributed by atoms with Crippen molar-refractivity contribution in [3.63, 3.8) is 0 Å². The minimum Gasteiger partial charge on any atom is -0.292 e. The van der Waals surface area contributed by atoms with Crippen LogP contribution in [0.4, 0.5) is 11.6 Å². The number of nitro groups is 1. The fourth-order valence-electron chi connectivity index (χ4n) is 1.54. The molecular weight excluding hydrogens is 274 g/mol. The molecule has 100 valence electrons. The van der Waals surface area contributed by atoms with Crippen LogP contribution in [0.1, 0.15) is 11.4 Å². The van der Waals surface area contributed by atoms with Crippen LogP contribution in [0.15, 0.2) is 6.20 Å². The molecule has 0 saturated carbocycles. The molecule has 0 atom stereocenters. The number of nitrogen functional groups attached to an aromatic ring is 1. The number of aryl methyl sites for hydroxylation is 2. The van der Waals surface area contributed by atoms with E-state index in [1.54, 1.807) is 6.92 Å². The van der Waals surface area contributed by atoms with Crippen molar-refractivity contribution < 1.29 is 4.92 Å². The van der Waals surface area contributed by atoms with Crippen molar-refractivity contribution in [2.24, 2.45) is 5.84 Å². The highest BCUT2D eigenvalue weighted by molar-refractivity contribution is 6.31. The Bertz CT molecular complexity index is 635. The van der Waals surface area contributed by atoms with Crippen LogP contribution in [0.5, 0.6) is 0 Å². The number of hydrogen-bond donors (Lipinski definition) is 2. The summed E-state index contributed by atoms with van der Waals surface area (Å²) >= 11 is 5.89. The quantitative estimate of drug-likeness (QED) is 0.491. The molecule has 2 heterocycles. The number of nitrogens with zero attached hydrogens (tertiary/aromatic N) is 5. The van der Waals surface area contributed by atoms with Gasteiger partial charge in [0.25, 0.3) is 0 Å². The third-order valence-electron chi connectivity index (χ3n) is 2.41. The smallest absolute Gasteiger partial charge is 0.292 e. The zero-order chi connectivity index (χ0) is 14.2. The van der Waals surface area contributed by atoms with Crippen LogP contribution >= 0.6 is 11.6 Å². The van der Waals surface area contributed by atoms with E-state index >= 15 is 0 Å². The van der Waals surface area contributed by atoms with E-state index in [2.05, 4.69) is 20.5 Å². The molecule has 10 heteroatoms. The number of aromatic nitrogens is 4. The molecule has 0 aromatic carbocycles. The van der Waals surface area contributed by atoms with E-state index in [9.17, 15) is 10.1 Å². The number of hydrogen-bond acceptors (Lipinski definition) is 7. The molecule has 9 nitrogen and oxygen atoms in total. The summed E-state index contributed by atoms with van der Waals surface area (Å²) in [6, 6.07) is 0. The second-order valence-corrected chi connectivity index (χ2v) is 4.12. The van der Waals surface area contributed by atoms with Crippen molar-refractivity contribution in [1.29, 1.82) is 0 Å². The molecule has 0 aliphatic heterocycles. The topological polar surface area (TPSA) is 125 Å². The van der Waals surface area contributed by atoms with Gasteiger partial charge in [-0.05, 0) is 13.8 Å². The molecule has 0 amide bonds.